The smallest absolute Gasteiger partial charge is 0.306 e. The van der Waals surface area contributed by atoms with Crippen LogP contribution >= 0.6 is 11.6 Å². The Balaban J connectivity index is 1.64. The minimum atomic E-state index is -0.350. The Labute approximate surface area is 200 Å². The van der Waals surface area contributed by atoms with Crippen LogP contribution in [0.25, 0.3) is 0 Å². The van der Waals surface area contributed by atoms with E-state index < -0.39 is 0 Å². The highest BCUT2D eigenvalue weighted by Crippen LogP contribution is 2.24. The molecule has 1 amide bonds. The quantitative estimate of drug-likeness (QED) is 0.456. The summed E-state index contributed by atoms with van der Waals surface area (Å²) in [6.45, 7) is 6.97. The van der Waals surface area contributed by atoms with Crippen LogP contribution in [0.15, 0.2) is 48.5 Å². The van der Waals surface area contributed by atoms with E-state index in [1.165, 1.54) is 0 Å². The first kappa shape index (κ1) is 25.0. The van der Waals surface area contributed by atoms with Crippen molar-refractivity contribution in [3.8, 4) is 11.5 Å². The summed E-state index contributed by atoms with van der Waals surface area (Å²) in [5.41, 5.74) is 0.952. The van der Waals surface area contributed by atoms with Crippen LogP contribution in [-0.2, 0) is 25.6 Å². The van der Waals surface area contributed by atoms with Gasteiger partial charge in [0.15, 0.2) is 0 Å². The predicted octanol–water partition coefficient (Wildman–Crippen LogP) is 4.14. The van der Waals surface area contributed by atoms with Gasteiger partial charge in [-0.1, -0.05) is 23.7 Å². The Morgan fingerprint density at radius 3 is 2.55 bits per heavy atom. The first-order valence-electron chi connectivity index (χ1n) is 11.3. The predicted molar refractivity (Wildman–Crippen MR) is 127 cm³/mol. The first-order valence-corrected chi connectivity index (χ1v) is 11.7. The molecule has 0 unspecified atom stereocenters. The number of carbonyl (C=O) groups excluding carboxylic acids is 2. The zero-order valence-corrected chi connectivity index (χ0v) is 19.8. The number of morpholine rings is 1. The molecule has 1 saturated heterocycles. The van der Waals surface area contributed by atoms with E-state index in [1.807, 2.05) is 36.4 Å². The van der Waals surface area contributed by atoms with Gasteiger partial charge in [-0.05, 0) is 48.9 Å². The maximum Gasteiger partial charge on any atom is 0.306 e. The average molecular weight is 475 g/mol. The largest absolute Gasteiger partial charge is 0.466 e. The maximum absolute atomic E-state index is 13.0. The van der Waals surface area contributed by atoms with Crippen molar-refractivity contribution in [3.63, 3.8) is 0 Å². The summed E-state index contributed by atoms with van der Waals surface area (Å²) in [5.74, 6) is 0.950. The summed E-state index contributed by atoms with van der Waals surface area (Å²) < 4.78 is 16.3. The topological polar surface area (TPSA) is 68.3 Å². The van der Waals surface area contributed by atoms with Crippen LogP contribution in [0.1, 0.15) is 25.3 Å². The van der Waals surface area contributed by atoms with E-state index in [2.05, 4.69) is 4.90 Å². The van der Waals surface area contributed by atoms with Crippen molar-refractivity contribution in [2.75, 3.05) is 46.0 Å². The number of carbonyl (C=O) groups is 2. The number of ether oxygens (including phenoxy) is 3. The molecular formula is C25H31ClN2O5. The Morgan fingerprint density at radius 2 is 1.82 bits per heavy atom. The minimum Gasteiger partial charge on any atom is -0.466 e. The number of amides is 1. The Morgan fingerprint density at radius 1 is 1.06 bits per heavy atom. The summed E-state index contributed by atoms with van der Waals surface area (Å²) in [6.07, 6.45) is 0.212. The molecule has 0 spiro atoms. The summed E-state index contributed by atoms with van der Waals surface area (Å²) in [7, 11) is 0. The molecule has 0 atom stereocenters. The molecule has 1 aliphatic heterocycles. The van der Waals surface area contributed by atoms with Crippen molar-refractivity contribution < 1.29 is 23.8 Å². The third-order valence-electron chi connectivity index (χ3n) is 5.31. The van der Waals surface area contributed by atoms with Gasteiger partial charge < -0.3 is 19.1 Å². The van der Waals surface area contributed by atoms with Gasteiger partial charge in [0.25, 0.3) is 0 Å². The summed E-state index contributed by atoms with van der Waals surface area (Å²) in [5, 5.41) is 0.647. The molecule has 2 aromatic carbocycles. The molecule has 0 aromatic heterocycles. The van der Waals surface area contributed by atoms with Gasteiger partial charge >= 0.3 is 5.97 Å². The van der Waals surface area contributed by atoms with Gasteiger partial charge in [-0.25, -0.2) is 0 Å². The fourth-order valence-electron chi connectivity index (χ4n) is 3.55. The van der Waals surface area contributed by atoms with E-state index in [-0.39, 0.29) is 24.7 Å². The second kappa shape index (κ2) is 13.2. The number of hydrogen-bond acceptors (Lipinski definition) is 6. The molecule has 2 aromatic rings. The van der Waals surface area contributed by atoms with E-state index in [1.54, 1.807) is 24.0 Å². The van der Waals surface area contributed by atoms with Crippen LogP contribution < -0.4 is 4.74 Å². The van der Waals surface area contributed by atoms with E-state index in [4.69, 9.17) is 25.8 Å². The number of halogens is 1. The molecule has 0 saturated carbocycles. The van der Waals surface area contributed by atoms with E-state index in [9.17, 15) is 9.59 Å². The standard InChI is InChI=1S/C25H31ClN2O5/c1-2-32-25(30)11-10-24(29)28(13-12-27-14-16-31-17-15-27)19-20-4-3-5-23(18-20)33-22-8-6-21(26)7-9-22/h3-9,18H,2,10-17,19H2,1H3. The lowest BCUT2D eigenvalue weighted by molar-refractivity contribution is -0.145. The highest BCUT2D eigenvalue weighted by atomic mass is 35.5. The molecule has 0 aliphatic carbocycles. The number of rotatable bonds is 11. The zero-order chi connectivity index (χ0) is 23.5. The zero-order valence-electron chi connectivity index (χ0n) is 19.0. The molecular weight excluding hydrogens is 444 g/mol. The van der Waals surface area contributed by atoms with Crippen molar-refractivity contribution in [2.45, 2.75) is 26.3 Å². The molecule has 0 radical (unpaired) electrons. The lowest BCUT2D eigenvalue weighted by atomic mass is 10.1. The van der Waals surface area contributed by atoms with Gasteiger partial charge in [0.2, 0.25) is 5.91 Å². The molecule has 1 fully saturated rings. The van der Waals surface area contributed by atoms with Gasteiger partial charge in [-0.15, -0.1) is 0 Å². The van der Waals surface area contributed by atoms with Crippen molar-refractivity contribution in [1.29, 1.82) is 0 Å². The summed E-state index contributed by atoms with van der Waals surface area (Å²) >= 11 is 5.94. The summed E-state index contributed by atoms with van der Waals surface area (Å²) in [4.78, 5) is 28.8. The average Bonchev–Trinajstić information content (AvgIpc) is 2.83. The number of hydrogen-bond donors (Lipinski definition) is 0. The van der Waals surface area contributed by atoms with Crippen molar-refractivity contribution in [3.05, 3.63) is 59.1 Å². The van der Waals surface area contributed by atoms with Gasteiger partial charge in [-0.3, -0.25) is 14.5 Å². The van der Waals surface area contributed by atoms with Crippen LogP contribution in [0.4, 0.5) is 0 Å². The van der Waals surface area contributed by atoms with E-state index >= 15 is 0 Å². The highest BCUT2D eigenvalue weighted by molar-refractivity contribution is 6.30. The molecule has 33 heavy (non-hydrogen) atoms. The van der Waals surface area contributed by atoms with Gasteiger partial charge in [0.05, 0.1) is 26.2 Å². The van der Waals surface area contributed by atoms with Crippen molar-refractivity contribution >= 4 is 23.5 Å². The van der Waals surface area contributed by atoms with Crippen LogP contribution in [0.5, 0.6) is 11.5 Å². The fourth-order valence-corrected chi connectivity index (χ4v) is 3.67. The molecule has 1 aliphatic rings. The van der Waals surface area contributed by atoms with Gasteiger partial charge in [0, 0.05) is 44.2 Å². The third kappa shape index (κ3) is 8.68. The molecule has 0 N–H and O–H groups in total. The van der Waals surface area contributed by atoms with Crippen molar-refractivity contribution in [2.24, 2.45) is 0 Å². The van der Waals surface area contributed by atoms with Gasteiger partial charge in [-0.2, -0.15) is 0 Å². The molecule has 0 bridgehead atoms. The normalized spacial score (nSPS) is 14.0. The van der Waals surface area contributed by atoms with Gasteiger partial charge in [0.1, 0.15) is 11.5 Å². The number of benzene rings is 2. The third-order valence-corrected chi connectivity index (χ3v) is 5.56. The Kier molecular flexibility index (Phi) is 10.00. The molecule has 3 rings (SSSR count). The highest BCUT2D eigenvalue weighted by Gasteiger charge is 2.19. The lowest BCUT2D eigenvalue weighted by Gasteiger charge is -2.30. The fraction of sp³-hybridized carbons (Fsp3) is 0.440. The van der Waals surface area contributed by atoms with Crippen LogP contribution in [-0.4, -0.2) is 67.7 Å². The second-order valence-electron chi connectivity index (χ2n) is 7.78. The lowest BCUT2D eigenvalue weighted by Crippen LogP contribution is -2.43. The number of nitrogens with zero attached hydrogens (tertiary/aromatic N) is 2. The molecule has 7 nitrogen and oxygen atoms in total. The Bertz CT molecular complexity index is 900. The monoisotopic (exact) mass is 474 g/mol. The summed E-state index contributed by atoms with van der Waals surface area (Å²) in [6, 6.07) is 14.8. The SMILES string of the molecule is CCOC(=O)CCC(=O)N(CCN1CCOCC1)Cc1cccc(Oc2ccc(Cl)cc2)c1. The first-order chi connectivity index (χ1) is 16.0. The van der Waals surface area contributed by atoms with Crippen LogP contribution in [0.3, 0.4) is 0 Å². The van der Waals surface area contributed by atoms with Crippen molar-refractivity contribution in [1.82, 2.24) is 9.80 Å². The van der Waals surface area contributed by atoms with Crippen LogP contribution in [0, 0.1) is 0 Å². The second-order valence-corrected chi connectivity index (χ2v) is 8.21. The molecule has 8 heteroatoms. The van der Waals surface area contributed by atoms with E-state index in [0.717, 1.165) is 25.2 Å². The minimum absolute atomic E-state index is 0.0691. The maximum atomic E-state index is 13.0. The number of esters is 1. The van der Waals surface area contributed by atoms with Crippen LogP contribution in [0.2, 0.25) is 5.02 Å². The van der Waals surface area contributed by atoms with E-state index in [0.29, 0.717) is 49.4 Å². The Hall–Kier alpha value is -2.61. The molecule has 178 valence electrons. The molecule has 1 heterocycles.